The Morgan fingerprint density at radius 3 is 2.59 bits per heavy atom. The first-order valence-corrected chi connectivity index (χ1v) is 6.26. The number of rotatable bonds is 1. The second kappa shape index (κ2) is 4.19. The van der Waals surface area contributed by atoms with Crippen molar-refractivity contribution in [1.29, 1.82) is 0 Å². The van der Waals surface area contributed by atoms with Crippen LogP contribution in [0.5, 0.6) is 0 Å². The third-order valence-electron chi connectivity index (χ3n) is 3.34. The lowest BCUT2D eigenvalue weighted by Crippen LogP contribution is -2.17. The molecule has 0 unspecified atom stereocenters. The normalized spacial score (nSPS) is 15.8. The van der Waals surface area contributed by atoms with E-state index in [1.165, 1.54) is 25.0 Å². The van der Waals surface area contributed by atoms with Gasteiger partial charge >= 0.3 is 0 Å². The van der Waals surface area contributed by atoms with Gasteiger partial charge in [-0.2, -0.15) is 0 Å². The Hall–Kier alpha value is -1.28. The van der Waals surface area contributed by atoms with E-state index in [1.54, 1.807) is 6.07 Å². The number of benzene rings is 2. The average molecular weight is 250 g/mol. The number of fused-ring (bicyclic) bond motifs is 1. The van der Waals surface area contributed by atoms with E-state index < -0.39 is 0 Å². The lowest BCUT2D eigenvalue weighted by Gasteiger charge is -2.20. The van der Waals surface area contributed by atoms with Gasteiger partial charge in [-0.3, -0.25) is 0 Å². The van der Waals surface area contributed by atoms with Gasteiger partial charge in [0.25, 0.3) is 0 Å². The molecule has 0 atom stereocenters. The number of hydrogen-bond donors (Lipinski definition) is 0. The van der Waals surface area contributed by atoms with Crippen LogP contribution in [-0.2, 0) is 0 Å². The van der Waals surface area contributed by atoms with Gasteiger partial charge in [0, 0.05) is 18.5 Å². The van der Waals surface area contributed by atoms with Crippen LogP contribution in [0.25, 0.3) is 10.8 Å². The minimum absolute atomic E-state index is 0.220. The molecule has 0 aromatic heterocycles. The predicted molar refractivity (Wildman–Crippen MR) is 70.4 cm³/mol. The minimum Gasteiger partial charge on any atom is -0.370 e. The molecule has 0 N–H and O–H groups in total. The van der Waals surface area contributed by atoms with Gasteiger partial charge in [-0.25, -0.2) is 4.39 Å². The molecule has 2 aromatic rings. The van der Waals surface area contributed by atoms with Crippen molar-refractivity contribution in [2.24, 2.45) is 0 Å². The standard InChI is InChI=1S/C14H13ClFN/c15-14-12-5-4-11(16)9-10(12)3-6-13(14)17-7-1-2-8-17/h3-6,9H,1-2,7-8H2. The van der Waals surface area contributed by atoms with Crippen LogP contribution in [0, 0.1) is 5.82 Å². The maximum absolute atomic E-state index is 13.1. The van der Waals surface area contributed by atoms with Gasteiger partial charge in [-0.05, 0) is 42.5 Å². The van der Waals surface area contributed by atoms with Crippen molar-refractivity contribution >= 4 is 28.1 Å². The molecule has 0 saturated carbocycles. The second-order valence-electron chi connectivity index (χ2n) is 4.46. The van der Waals surface area contributed by atoms with Gasteiger partial charge < -0.3 is 4.90 Å². The lowest BCUT2D eigenvalue weighted by atomic mass is 10.1. The third kappa shape index (κ3) is 1.87. The van der Waals surface area contributed by atoms with E-state index >= 15 is 0 Å². The van der Waals surface area contributed by atoms with E-state index in [9.17, 15) is 4.39 Å². The molecule has 0 spiro atoms. The maximum Gasteiger partial charge on any atom is 0.123 e. The molecule has 0 bridgehead atoms. The van der Waals surface area contributed by atoms with Gasteiger partial charge in [-0.15, -0.1) is 0 Å². The highest BCUT2D eigenvalue weighted by Gasteiger charge is 2.16. The molecular formula is C14H13ClFN. The summed E-state index contributed by atoms with van der Waals surface area (Å²) in [6, 6.07) is 8.68. The van der Waals surface area contributed by atoms with Gasteiger partial charge in [0.15, 0.2) is 0 Å². The third-order valence-corrected chi connectivity index (χ3v) is 3.74. The molecular weight excluding hydrogens is 237 g/mol. The van der Waals surface area contributed by atoms with Crippen LogP contribution in [0.4, 0.5) is 10.1 Å². The van der Waals surface area contributed by atoms with Crippen LogP contribution in [0.2, 0.25) is 5.02 Å². The highest BCUT2D eigenvalue weighted by Crippen LogP contribution is 2.35. The summed E-state index contributed by atoms with van der Waals surface area (Å²) >= 11 is 6.41. The highest BCUT2D eigenvalue weighted by atomic mass is 35.5. The van der Waals surface area contributed by atoms with Crippen LogP contribution in [0.3, 0.4) is 0 Å². The summed E-state index contributed by atoms with van der Waals surface area (Å²) in [6.45, 7) is 2.12. The van der Waals surface area contributed by atoms with Crippen LogP contribution >= 0.6 is 11.6 Å². The van der Waals surface area contributed by atoms with Crippen LogP contribution in [0.1, 0.15) is 12.8 Å². The smallest absolute Gasteiger partial charge is 0.123 e. The van der Waals surface area contributed by atoms with Crippen LogP contribution in [0.15, 0.2) is 30.3 Å². The molecule has 0 aliphatic carbocycles. The average Bonchev–Trinajstić information content (AvgIpc) is 2.82. The zero-order chi connectivity index (χ0) is 11.8. The van der Waals surface area contributed by atoms with Crippen molar-refractivity contribution < 1.29 is 4.39 Å². The van der Waals surface area contributed by atoms with Gasteiger partial charge in [-0.1, -0.05) is 17.7 Å². The number of halogens is 2. The quantitative estimate of drug-likeness (QED) is 0.731. The minimum atomic E-state index is -0.220. The summed E-state index contributed by atoms with van der Waals surface area (Å²) < 4.78 is 13.1. The number of anilines is 1. The monoisotopic (exact) mass is 249 g/mol. The molecule has 1 saturated heterocycles. The fraction of sp³-hybridized carbons (Fsp3) is 0.286. The number of nitrogens with zero attached hydrogens (tertiary/aromatic N) is 1. The Labute approximate surface area is 105 Å². The largest absolute Gasteiger partial charge is 0.370 e. The van der Waals surface area contributed by atoms with E-state index in [1.807, 2.05) is 12.1 Å². The van der Waals surface area contributed by atoms with Crippen molar-refractivity contribution in [3.8, 4) is 0 Å². The first-order chi connectivity index (χ1) is 8.25. The van der Waals surface area contributed by atoms with Gasteiger partial charge in [0.05, 0.1) is 10.7 Å². The Morgan fingerprint density at radius 1 is 1.06 bits per heavy atom. The first-order valence-electron chi connectivity index (χ1n) is 5.88. The topological polar surface area (TPSA) is 3.24 Å². The van der Waals surface area contributed by atoms with Gasteiger partial charge in [0.2, 0.25) is 0 Å². The van der Waals surface area contributed by atoms with Crippen molar-refractivity contribution in [2.45, 2.75) is 12.8 Å². The summed E-state index contributed by atoms with van der Waals surface area (Å²) in [4.78, 5) is 2.30. The first kappa shape index (κ1) is 10.8. The Bertz CT molecular complexity index is 561. The van der Waals surface area contributed by atoms with Crippen LogP contribution in [-0.4, -0.2) is 13.1 Å². The summed E-state index contributed by atoms with van der Waals surface area (Å²) in [5.74, 6) is -0.220. The van der Waals surface area contributed by atoms with Crippen molar-refractivity contribution in [1.82, 2.24) is 0 Å². The molecule has 3 rings (SSSR count). The van der Waals surface area contributed by atoms with E-state index in [-0.39, 0.29) is 5.82 Å². The predicted octanol–water partition coefficient (Wildman–Crippen LogP) is 4.23. The SMILES string of the molecule is Fc1ccc2c(Cl)c(N3CCCC3)ccc2c1. The highest BCUT2D eigenvalue weighted by molar-refractivity contribution is 6.38. The summed E-state index contributed by atoms with van der Waals surface area (Å²) in [5.41, 5.74) is 1.07. The second-order valence-corrected chi connectivity index (χ2v) is 4.84. The molecule has 1 nitrogen and oxygen atoms in total. The zero-order valence-electron chi connectivity index (χ0n) is 9.42. The van der Waals surface area contributed by atoms with E-state index in [0.29, 0.717) is 0 Å². The van der Waals surface area contributed by atoms with Crippen molar-refractivity contribution in [2.75, 3.05) is 18.0 Å². The number of hydrogen-bond acceptors (Lipinski definition) is 1. The Balaban J connectivity index is 2.15. The Kier molecular flexibility index (Phi) is 2.67. The fourth-order valence-electron chi connectivity index (χ4n) is 2.45. The zero-order valence-corrected chi connectivity index (χ0v) is 10.2. The van der Waals surface area contributed by atoms with Gasteiger partial charge in [0.1, 0.15) is 5.82 Å². The molecule has 88 valence electrons. The summed E-state index contributed by atoms with van der Waals surface area (Å²) in [7, 11) is 0. The van der Waals surface area contributed by atoms with E-state index in [0.717, 1.165) is 34.6 Å². The molecule has 1 aliphatic rings. The maximum atomic E-state index is 13.1. The van der Waals surface area contributed by atoms with Crippen LogP contribution < -0.4 is 4.90 Å². The molecule has 0 amide bonds. The molecule has 1 heterocycles. The van der Waals surface area contributed by atoms with Crippen molar-refractivity contribution in [3.63, 3.8) is 0 Å². The molecule has 2 aromatic carbocycles. The van der Waals surface area contributed by atoms with Crippen molar-refractivity contribution in [3.05, 3.63) is 41.2 Å². The Morgan fingerprint density at radius 2 is 1.82 bits per heavy atom. The van der Waals surface area contributed by atoms with E-state index in [4.69, 9.17) is 11.6 Å². The molecule has 3 heteroatoms. The van der Waals surface area contributed by atoms with E-state index in [2.05, 4.69) is 4.90 Å². The fourth-order valence-corrected chi connectivity index (χ4v) is 2.81. The molecule has 0 radical (unpaired) electrons. The molecule has 1 fully saturated rings. The summed E-state index contributed by atoms with van der Waals surface area (Å²) in [5, 5.41) is 2.53. The summed E-state index contributed by atoms with van der Waals surface area (Å²) in [6.07, 6.45) is 2.44. The molecule has 17 heavy (non-hydrogen) atoms. The lowest BCUT2D eigenvalue weighted by molar-refractivity contribution is 0.630. The molecule has 1 aliphatic heterocycles.